The van der Waals surface area contributed by atoms with Crippen LogP contribution in [0.15, 0.2) is 57.8 Å². The van der Waals surface area contributed by atoms with E-state index in [2.05, 4.69) is 30.5 Å². The Morgan fingerprint density at radius 3 is 3.00 bits per heavy atom. The molecule has 1 amide bonds. The van der Waals surface area contributed by atoms with Gasteiger partial charge >= 0.3 is 5.97 Å². The highest BCUT2D eigenvalue weighted by Gasteiger charge is 2.24. The summed E-state index contributed by atoms with van der Waals surface area (Å²) in [6.07, 6.45) is 6.22. The van der Waals surface area contributed by atoms with Crippen molar-refractivity contribution in [2.45, 2.75) is 0 Å². The van der Waals surface area contributed by atoms with Gasteiger partial charge in [-0.15, -0.1) is 5.10 Å². The van der Waals surface area contributed by atoms with E-state index in [1.54, 1.807) is 18.6 Å². The molecule has 2 heterocycles. The number of carbonyl (C=O) groups is 2. The van der Waals surface area contributed by atoms with Gasteiger partial charge in [-0.2, -0.15) is 10.2 Å². The molecule has 8 nitrogen and oxygen atoms in total. The number of amides is 1. The normalized spacial score (nSPS) is 17.4. The van der Waals surface area contributed by atoms with Gasteiger partial charge in [-0.25, -0.2) is 4.79 Å². The van der Waals surface area contributed by atoms with Crippen LogP contribution in [-0.2, 0) is 14.3 Å². The maximum absolute atomic E-state index is 11.7. The molecule has 2 N–H and O–H groups in total. The molecule has 0 unspecified atom stereocenters. The molecule has 1 fully saturated rings. The van der Waals surface area contributed by atoms with Gasteiger partial charge < -0.3 is 4.74 Å². The summed E-state index contributed by atoms with van der Waals surface area (Å²) in [5.41, 5.74) is 2.82. The standard InChI is InChI=1S/C16H13N5O3S/c1-24-14(22)6-13-15(23)20-16(25-13)21-19-7-10-3-2-4-11(5-10)12-8-17-18-9-12/h2-9H,1H3,(H,17,18)(H,20,21,23)/b13-6+,19-7?. The Hall–Kier alpha value is -3.20. The van der Waals surface area contributed by atoms with Gasteiger partial charge in [-0.05, 0) is 29.0 Å². The summed E-state index contributed by atoms with van der Waals surface area (Å²) < 4.78 is 4.49. The van der Waals surface area contributed by atoms with Crippen LogP contribution in [-0.4, -0.2) is 40.6 Å². The largest absolute Gasteiger partial charge is 0.466 e. The van der Waals surface area contributed by atoms with Gasteiger partial charge in [0, 0.05) is 17.8 Å². The predicted molar refractivity (Wildman–Crippen MR) is 94.9 cm³/mol. The zero-order valence-corrected chi connectivity index (χ0v) is 13.9. The number of H-pyrrole nitrogens is 1. The summed E-state index contributed by atoms with van der Waals surface area (Å²) in [4.78, 5) is 23.1. The third-order valence-electron chi connectivity index (χ3n) is 3.17. The molecule has 0 radical (unpaired) electrons. The molecule has 1 aromatic heterocycles. The SMILES string of the molecule is COC(=O)/C=C1/S/C(=N\N=Cc2cccc(-c3cn[nH]c3)c2)NC1=O. The van der Waals surface area contributed by atoms with E-state index in [1.807, 2.05) is 24.3 Å². The fraction of sp³-hybridized carbons (Fsp3) is 0.0625. The highest BCUT2D eigenvalue weighted by Crippen LogP contribution is 2.23. The Kier molecular flexibility index (Phi) is 5.05. The van der Waals surface area contributed by atoms with E-state index in [0.717, 1.165) is 34.5 Å². The minimum absolute atomic E-state index is 0.211. The number of thioether (sulfide) groups is 1. The van der Waals surface area contributed by atoms with E-state index >= 15 is 0 Å². The van der Waals surface area contributed by atoms with Crippen LogP contribution in [0.4, 0.5) is 0 Å². The number of aromatic amines is 1. The van der Waals surface area contributed by atoms with Gasteiger partial charge in [0.1, 0.15) is 0 Å². The number of esters is 1. The zero-order chi connectivity index (χ0) is 17.6. The van der Waals surface area contributed by atoms with Crippen LogP contribution in [0.5, 0.6) is 0 Å². The highest BCUT2D eigenvalue weighted by atomic mass is 32.2. The van der Waals surface area contributed by atoms with Gasteiger partial charge in [0.05, 0.1) is 24.4 Å². The van der Waals surface area contributed by atoms with Crippen molar-refractivity contribution >= 4 is 35.0 Å². The number of rotatable bonds is 4. The lowest BCUT2D eigenvalue weighted by atomic mass is 10.1. The van der Waals surface area contributed by atoms with Gasteiger partial charge in [-0.1, -0.05) is 18.2 Å². The minimum Gasteiger partial charge on any atom is -0.466 e. The Bertz CT molecular complexity index is 887. The molecule has 1 saturated heterocycles. The monoisotopic (exact) mass is 355 g/mol. The summed E-state index contributed by atoms with van der Waals surface area (Å²) in [5, 5.41) is 17.4. The third kappa shape index (κ3) is 4.21. The second-order valence-corrected chi connectivity index (χ2v) is 5.88. The Balaban J connectivity index is 1.70. The molecule has 1 aromatic carbocycles. The van der Waals surface area contributed by atoms with Crippen molar-refractivity contribution in [2.75, 3.05) is 7.11 Å². The maximum atomic E-state index is 11.7. The van der Waals surface area contributed by atoms with Crippen molar-refractivity contribution in [3.05, 3.63) is 53.2 Å². The molecule has 0 atom stereocenters. The Morgan fingerprint density at radius 1 is 1.36 bits per heavy atom. The fourth-order valence-electron chi connectivity index (χ4n) is 2.00. The van der Waals surface area contributed by atoms with Crippen molar-refractivity contribution in [2.24, 2.45) is 10.2 Å². The molecule has 126 valence electrons. The molecule has 1 aliphatic heterocycles. The van der Waals surface area contributed by atoms with Crippen molar-refractivity contribution in [1.29, 1.82) is 0 Å². The van der Waals surface area contributed by atoms with E-state index in [0.29, 0.717) is 5.17 Å². The van der Waals surface area contributed by atoms with E-state index in [4.69, 9.17) is 0 Å². The van der Waals surface area contributed by atoms with E-state index in [1.165, 1.54) is 7.11 Å². The number of hydrogen-bond donors (Lipinski definition) is 2. The number of methoxy groups -OCH3 is 1. The smallest absolute Gasteiger partial charge is 0.331 e. The molecule has 2 aromatic rings. The first-order chi connectivity index (χ1) is 12.2. The summed E-state index contributed by atoms with van der Waals surface area (Å²) >= 11 is 1.02. The summed E-state index contributed by atoms with van der Waals surface area (Å²) in [7, 11) is 1.24. The number of benzene rings is 1. The molecule has 25 heavy (non-hydrogen) atoms. The first kappa shape index (κ1) is 16.7. The topological polar surface area (TPSA) is 109 Å². The molecule has 1 aliphatic rings. The number of ether oxygens (including phenoxy) is 1. The quantitative estimate of drug-likeness (QED) is 0.375. The van der Waals surface area contributed by atoms with Crippen LogP contribution >= 0.6 is 11.8 Å². The lowest BCUT2D eigenvalue weighted by Gasteiger charge is -1.98. The molecular weight excluding hydrogens is 342 g/mol. The number of amidine groups is 1. The summed E-state index contributed by atoms with van der Waals surface area (Å²) in [5.74, 6) is -1.01. The molecule has 0 bridgehead atoms. The lowest BCUT2D eigenvalue weighted by Crippen LogP contribution is -2.19. The molecular formula is C16H13N5O3S. The molecule has 0 spiro atoms. The van der Waals surface area contributed by atoms with Crippen molar-refractivity contribution in [1.82, 2.24) is 15.5 Å². The fourth-order valence-corrected chi connectivity index (χ4v) is 2.74. The number of aromatic nitrogens is 2. The van der Waals surface area contributed by atoms with Crippen LogP contribution in [0.2, 0.25) is 0 Å². The van der Waals surface area contributed by atoms with E-state index in [-0.39, 0.29) is 4.91 Å². The Morgan fingerprint density at radius 2 is 2.24 bits per heavy atom. The van der Waals surface area contributed by atoms with Crippen molar-refractivity contribution in [3.8, 4) is 11.1 Å². The van der Waals surface area contributed by atoms with Gasteiger partial charge in [0.2, 0.25) is 0 Å². The highest BCUT2D eigenvalue weighted by molar-refractivity contribution is 8.18. The van der Waals surface area contributed by atoms with Crippen LogP contribution in [0.3, 0.4) is 0 Å². The van der Waals surface area contributed by atoms with Crippen molar-refractivity contribution < 1.29 is 14.3 Å². The molecule has 0 aliphatic carbocycles. The molecule has 9 heteroatoms. The average molecular weight is 355 g/mol. The van der Waals surface area contributed by atoms with Gasteiger partial charge in [-0.3, -0.25) is 15.2 Å². The predicted octanol–water partition coefficient (Wildman–Crippen LogP) is 1.69. The second-order valence-electron chi connectivity index (χ2n) is 4.85. The molecule has 3 rings (SSSR count). The first-order valence-corrected chi connectivity index (χ1v) is 7.96. The second kappa shape index (κ2) is 7.58. The number of carbonyl (C=O) groups excluding carboxylic acids is 2. The first-order valence-electron chi connectivity index (χ1n) is 7.15. The van der Waals surface area contributed by atoms with Gasteiger partial charge in [0.15, 0.2) is 5.17 Å². The maximum Gasteiger partial charge on any atom is 0.331 e. The van der Waals surface area contributed by atoms with Crippen LogP contribution in [0.25, 0.3) is 11.1 Å². The zero-order valence-electron chi connectivity index (χ0n) is 13.1. The average Bonchev–Trinajstić information content (AvgIpc) is 3.26. The van der Waals surface area contributed by atoms with E-state index < -0.39 is 11.9 Å². The van der Waals surface area contributed by atoms with Gasteiger partial charge in [0.25, 0.3) is 5.91 Å². The molecule has 0 saturated carbocycles. The van der Waals surface area contributed by atoms with E-state index in [9.17, 15) is 9.59 Å². The Labute approximate surface area is 147 Å². The lowest BCUT2D eigenvalue weighted by molar-refractivity contribution is -0.135. The van der Waals surface area contributed by atoms with Crippen LogP contribution in [0.1, 0.15) is 5.56 Å². The van der Waals surface area contributed by atoms with Crippen molar-refractivity contribution in [3.63, 3.8) is 0 Å². The summed E-state index contributed by atoms with van der Waals surface area (Å²) in [6.45, 7) is 0. The number of hydrogen-bond acceptors (Lipinski definition) is 7. The number of nitrogens with zero attached hydrogens (tertiary/aromatic N) is 3. The number of nitrogens with one attached hydrogen (secondary N) is 2. The van der Waals surface area contributed by atoms with Crippen LogP contribution < -0.4 is 5.32 Å². The van der Waals surface area contributed by atoms with Crippen LogP contribution in [0, 0.1) is 0 Å². The summed E-state index contributed by atoms with van der Waals surface area (Å²) in [6, 6.07) is 7.69. The third-order valence-corrected chi connectivity index (χ3v) is 4.07. The minimum atomic E-state index is -0.599.